The fraction of sp³-hybridized carbons (Fsp3) is 0.625. The third kappa shape index (κ3) is 2.55. The second-order valence-electron chi connectivity index (χ2n) is 3.20. The average molecular weight is 201 g/mol. The van der Waals surface area contributed by atoms with E-state index in [4.69, 9.17) is 5.73 Å². The van der Waals surface area contributed by atoms with E-state index >= 15 is 0 Å². The zero-order valence-corrected chi connectivity index (χ0v) is 8.97. The summed E-state index contributed by atoms with van der Waals surface area (Å²) in [5.41, 5.74) is 6.54. The standard InChI is InChI=1S/C8H15N3OS/c1-6-4-11(8(9)10-6)5-7(2)13(3)12/h4,7H,5H2,1-3H3,(H2,9,10). The van der Waals surface area contributed by atoms with Crippen molar-refractivity contribution in [3.8, 4) is 0 Å². The van der Waals surface area contributed by atoms with Crippen LogP contribution in [0.3, 0.4) is 0 Å². The van der Waals surface area contributed by atoms with Crippen LogP contribution in [-0.2, 0) is 17.3 Å². The molecule has 1 rings (SSSR count). The smallest absolute Gasteiger partial charge is 0.200 e. The minimum absolute atomic E-state index is 0.107. The predicted octanol–water partition coefficient (Wildman–Crippen LogP) is 0.541. The lowest BCUT2D eigenvalue weighted by atomic mass is 10.4. The van der Waals surface area contributed by atoms with Crippen molar-refractivity contribution in [2.75, 3.05) is 12.0 Å². The van der Waals surface area contributed by atoms with Crippen molar-refractivity contribution >= 4 is 16.7 Å². The first-order valence-corrected chi connectivity index (χ1v) is 5.74. The Balaban J connectivity index is 2.74. The van der Waals surface area contributed by atoms with Crippen molar-refractivity contribution in [3.05, 3.63) is 11.9 Å². The molecule has 0 amide bonds. The summed E-state index contributed by atoms with van der Waals surface area (Å²) in [4.78, 5) is 4.07. The van der Waals surface area contributed by atoms with E-state index in [1.165, 1.54) is 0 Å². The number of aromatic nitrogens is 2. The van der Waals surface area contributed by atoms with Gasteiger partial charge in [-0.05, 0) is 13.8 Å². The minimum Gasteiger partial charge on any atom is -0.369 e. The first-order chi connectivity index (χ1) is 6.00. The summed E-state index contributed by atoms with van der Waals surface area (Å²) < 4.78 is 12.9. The maximum atomic E-state index is 11.1. The lowest BCUT2D eigenvalue weighted by Gasteiger charge is -2.09. The molecule has 0 aromatic carbocycles. The molecule has 13 heavy (non-hydrogen) atoms. The lowest BCUT2D eigenvalue weighted by molar-refractivity contribution is 0.647. The van der Waals surface area contributed by atoms with Crippen molar-refractivity contribution in [1.82, 2.24) is 9.55 Å². The van der Waals surface area contributed by atoms with Gasteiger partial charge in [0.1, 0.15) is 0 Å². The van der Waals surface area contributed by atoms with Gasteiger partial charge in [-0.15, -0.1) is 0 Å². The first kappa shape index (κ1) is 10.2. The largest absolute Gasteiger partial charge is 0.369 e. The van der Waals surface area contributed by atoms with E-state index in [9.17, 15) is 4.21 Å². The van der Waals surface area contributed by atoms with E-state index in [2.05, 4.69) is 4.98 Å². The number of hydrogen-bond acceptors (Lipinski definition) is 3. The molecule has 5 heteroatoms. The van der Waals surface area contributed by atoms with Crippen molar-refractivity contribution in [3.63, 3.8) is 0 Å². The highest BCUT2D eigenvalue weighted by atomic mass is 32.2. The van der Waals surface area contributed by atoms with Gasteiger partial charge in [-0.3, -0.25) is 4.21 Å². The van der Waals surface area contributed by atoms with Gasteiger partial charge in [-0.25, -0.2) is 4.98 Å². The number of rotatable bonds is 3. The van der Waals surface area contributed by atoms with E-state index in [0.717, 1.165) is 5.69 Å². The molecular weight excluding hydrogens is 186 g/mol. The molecule has 0 saturated carbocycles. The zero-order valence-electron chi connectivity index (χ0n) is 8.15. The molecule has 0 aliphatic carbocycles. The van der Waals surface area contributed by atoms with Crippen LogP contribution in [0.2, 0.25) is 0 Å². The zero-order chi connectivity index (χ0) is 10.0. The minimum atomic E-state index is -0.814. The number of nitrogens with two attached hydrogens (primary N) is 1. The molecule has 0 aliphatic heterocycles. The van der Waals surface area contributed by atoms with Crippen LogP contribution in [0.4, 0.5) is 5.95 Å². The molecule has 74 valence electrons. The highest BCUT2D eigenvalue weighted by Gasteiger charge is 2.09. The van der Waals surface area contributed by atoms with Crippen LogP contribution < -0.4 is 5.73 Å². The Bertz CT molecular complexity index is 321. The Morgan fingerprint density at radius 1 is 1.77 bits per heavy atom. The van der Waals surface area contributed by atoms with Crippen molar-refractivity contribution in [2.24, 2.45) is 0 Å². The van der Waals surface area contributed by atoms with Gasteiger partial charge in [0.2, 0.25) is 0 Å². The number of imidazole rings is 1. The molecular formula is C8H15N3OS. The predicted molar refractivity (Wildman–Crippen MR) is 54.9 cm³/mol. The molecule has 1 aromatic rings. The SMILES string of the molecule is Cc1cn(CC(C)S(C)=O)c(N)n1. The normalized spacial score (nSPS) is 15.6. The fourth-order valence-corrected chi connectivity index (χ4v) is 1.46. The highest BCUT2D eigenvalue weighted by Crippen LogP contribution is 2.07. The quantitative estimate of drug-likeness (QED) is 0.776. The molecule has 0 bridgehead atoms. The molecule has 4 nitrogen and oxygen atoms in total. The number of aryl methyl sites for hydroxylation is 1. The van der Waals surface area contributed by atoms with Crippen LogP contribution in [0.1, 0.15) is 12.6 Å². The molecule has 0 aliphatic rings. The summed E-state index contributed by atoms with van der Waals surface area (Å²) in [5, 5.41) is 0.107. The van der Waals surface area contributed by atoms with Crippen molar-refractivity contribution in [2.45, 2.75) is 25.6 Å². The van der Waals surface area contributed by atoms with E-state index in [1.807, 2.05) is 24.6 Å². The average Bonchev–Trinajstić information content (AvgIpc) is 2.30. The van der Waals surface area contributed by atoms with Crippen LogP contribution in [0, 0.1) is 6.92 Å². The van der Waals surface area contributed by atoms with E-state index in [0.29, 0.717) is 12.5 Å². The number of nitrogen functional groups attached to an aromatic ring is 1. The van der Waals surface area contributed by atoms with Gasteiger partial charge in [0.05, 0.1) is 5.69 Å². The van der Waals surface area contributed by atoms with Crippen LogP contribution in [0.15, 0.2) is 6.20 Å². The Morgan fingerprint density at radius 2 is 2.38 bits per heavy atom. The molecule has 0 spiro atoms. The Morgan fingerprint density at radius 3 is 2.77 bits per heavy atom. The molecule has 2 unspecified atom stereocenters. The first-order valence-electron chi connectivity index (χ1n) is 4.12. The van der Waals surface area contributed by atoms with E-state index < -0.39 is 10.8 Å². The number of nitrogens with zero attached hydrogens (tertiary/aromatic N) is 2. The second-order valence-corrected chi connectivity index (χ2v) is 5.00. The number of anilines is 1. The van der Waals surface area contributed by atoms with Crippen LogP contribution in [0.5, 0.6) is 0 Å². The third-order valence-electron chi connectivity index (χ3n) is 1.95. The van der Waals surface area contributed by atoms with Crippen LogP contribution in [0.25, 0.3) is 0 Å². The molecule has 1 aromatic heterocycles. The van der Waals surface area contributed by atoms with Crippen molar-refractivity contribution < 1.29 is 4.21 Å². The summed E-state index contributed by atoms with van der Waals surface area (Å²) in [5.74, 6) is 0.495. The lowest BCUT2D eigenvalue weighted by Crippen LogP contribution is -2.18. The Hall–Kier alpha value is -0.840. The van der Waals surface area contributed by atoms with Gasteiger partial charge < -0.3 is 10.3 Å². The van der Waals surface area contributed by atoms with Crippen LogP contribution in [-0.4, -0.2) is 25.3 Å². The van der Waals surface area contributed by atoms with Gasteiger partial charge >= 0.3 is 0 Å². The molecule has 0 radical (unpaired) electrons. The highest BCUT2D eigenvalue weighted by molar-refractivity contribution is 7.84. The molecule has 2 N–H and O–H groups in total. The second kappa shape index (κ2) is 3.91. The van der Waals surface area contributed by atoms with Gasteiger partial charge in [-0.1, -0.05) is 0 Å². The maximum absolute atomic E-state index is 11.1. The van der Waals surface area contributed by atoms with Gasteiger partial charge in [0, 0.05) is 35.0 Å². The Labute approximate surface area is 80.6 Å². The summed E-state index contributed by atoms with van der Waals surface area (Å²) in [6, 6.07) is 0. The van der Waals surface area contributed by atoms with Gasteiger partial charge in [-0.2, -0.15) is 0 Å². The topological polar surface area (TPSA) is 60.9 Å². The molecule has 0 fully saturated rings. The summed E-state index contributed by atoms with van der Waals surface area (Å²) in [6.07, 6.45) is 3.57. The summed E-state index contributed by atoms with van der Waals surface area (Å²) in [6.45, 7) is 4.49. The van der Waals surface area contributed by atoms with Crippen LogP contribution >= 0.6 is 0 Å². The Kier molecular flexibility index (Phi) is 3.08. The number of hydrogen-bond donors (Lipinski definition) is 1. The summed E-state index contributed by atoms with van der Waals surface area (Å²) in [7, 11) is -0.814. The monoisotopic (exact) mass is 201 g/mol. The molecule has 0 saturated heterocycles. The van der Waals surface area contributed by atoms with E-state index in [-0.39, 0.29) is 5.25 Å². The fourth-order valence-electron chi connectivity index (χ4n) is 1.09. The van der Waals surface area contributed by atoms with Crippen molar-refractivity contribution in [1.29, 1.82) is 0 Å². The molecule has 2 atom stereocenters. The maximum Gasteiger partial charge on any atom is 0.200 e. The van der Waals surface area contributed by atoms with E-state index in [1.54, 1.807) is 6.26 Å². The molecule has 1 heterocycles. The van der Waals surface area contributed by atoms with Gasteiger partial charge in [0.25, 0.3) is 0 Å². The van der Waals surface area contributed by atoms with Gasteiger partial charge in [0.15, 0.2) is 5.95 Å². The third-order valence-corrected chi connectivity index (χ3v) is 3.23. The summed E-state index contributed by atoms with van der Waals surface area (Å²) >= 11 is 0.